The predicted octanol–water partition coefficient (Wildman–Crippen LogP) is 3.35. The quantitative estimate of drug-likeness (QED) is 0.864. The summed E-state index contributed by atoms with van der Waals surface area (Å²) in [6, 6.07) is 6.10. The number of nitrogens with zero attached hydrogens (tertiary/aromatic N) is 3. The molecule has 0 aliphatic carbocycles. The summed E-state index contributed by atoms with van der Waals surface area (Å²) in [6.45, 7) is 5.41. The molecular formula is C17H20ClN3O3. The third kappa shape index (κ3) is 4.20. The minimum Gasteiger partial charge on any atom is -0.481 e. The summed E-state index contributed by atoms with van der Waals surface area (Å²) in [5, 5.41) is 14.0. The van der Waals surface area contributed by atoms with E-state index in [0.29, 0.717) is 5.02 Å². The van der Waals surface area contributed by atoms with Gasteiger partial charge in [0.2, 0.25) is 0 Å². The topological polar surface area (TPSA) is 85.1 Å². The lowest BCUT2D eigenvalue weighted by atomic mass is 9.78. The van der Waals surface area contributed by atoms with Gasteiger partial charge in [-0.1, -0.05) is 44.5 Å². The number of ketones is 1. The second-order valence-corrected chi connectivity index (χ2v) is 7.13. The van der Waals surface area contributed by atoms with Gasteiger partial charge in [-0.25, -0.2) is 9.67 Å². The second kappa shape index (κ2) is 7.13. The van der Waals surface area contributed by atoms with E-state index in [1.807, 2.05) is 0 Å². The fourth-order valence-corrected chi connectivity index (χ4v) is 2.73. The van der Waals surface area contributed by atoms with E-state index in [1.54, 1.807) is 45.0 Å². The maximum absolute atomic E-state index is 13.0. The van der Waals surface area contributed by atoms with E-state index in [4.69, 9.17) is 11.6 Å². The summed E-state index contributed by atoms with van der Waals surface area (Å²) < 4.78 is 1.44. The first kappa shape index (κ1) is 18.1. The fraction of sp³-hybridized carbons (Fsp3) is 0.412. The minimum absolute atomic E-state index is 0.103. The van der Waals surface area contributed by atoms with Crippen molar-refractivity contribution in [3.05, 3.63) is 47.5 Å². The van der Waals surface area contributed by atoms with Gasteiger partial charge in [-0.15, -0.1) is 0 Å². The molecule has 1 aromatic heterocycles. The average molecular weight is 350 g/mol. The number of carboxylic acids is 1. The van der Waals surface area contributed by atoms with Crippen LogP contribution in [-0.4, -0.2) is 31.6 Å². The molecule has 2 atom stereocenters. The molecule has 0 aliphatic rings. The Morgan fingerprint density at radius 3 is 2.33 bits per heavy atom. The molecule has 128 valence electrons. The van der Waals surface area contributed by atoms with Crippen LogP contribution in [0.5, 0.6) is 0 Å². The lowest BCUT2D eigenvalue weighted by molar-refractivity contribution is -0.138. The zero-order valence-electron chi connectivity index (χ0n) is 13.8. The van der Waals surface area contributed by atoms with Crippen molar-refractivity contribution in [2.75, 3.05) is 0 Å². The number of rotatable bonds is 6. The fourth-order valence-electron chi connectivity index (χ4n) is 2.60. The molecule has 1 aromatic carbocycles. The van der Waals surface area contributed by atoms with Crippen molar-refractivity contribution in [1.82, 2.24) is 14.8 Å². The van der Waals surface area contributed by atoms with Gasteiger partial charge in [0, 0.05) is 16.4 Å². The highest BCUT2D eigenvalue weighted by atomic mass is 35.5. The van der Waals surface area contributed by atoms with E-state index in [1.165, 1.54) is 17.3 Å². The van der Waals surface area contributed by atoms with Crippen LogP contribution in [0.15, 0.2) is 36.9 Å². The Hall–Kier alpha value is -2.21. The molecule has 7 heteroatoms. The van der Waals surface area contributed by atoms with E-state index < -0.39 is 23.3 Å². The average Bonchev–Trinajstić information content (AvgIpc) is 3.00. The summed E-state index contributed by atoms with van der Waals surface area (Å²) in [5.74, 6) is -1.66. The number of carbonyl (C=O) groups excluding carboxylic acids is 1. The van der Waals surface area contributed by atoms with Crippen molar-refractivity contribution in [2.45, 2.75) is 39.2 Å². The second-order valence-electron chi connectivity index (χ2n) is 6.69. The molecule has 2 aromatic rings. The number of hydrogen-bond acceptors (Lipinski definition) is 4. The van der Waals surface area contributed by atoms with Crippen molar-refractivity contribution in [2.24, 2.45) is 5.41 Å². The van der Waals surface area contributed by atoms with Gasteiger partial charge in [-0.3, -0.25) is 9.59 Å². The monoisotopic (exact) mass is 349 g/mol. The van der Waals surface area contributed by atoms with E-state index >= 15 is 0 Å². The van der Waals surface area contributed by atoms with Crippen LogP contribution in [0.1, 0.15) is 44.7 Å². The Bertz CT molecular complexity index is 706. The largest absolute Gasteiger partial charge is 0.481 e. The highest BCUT2D eigenvalue weighted by Gasteiger charge is 2.38. The first-order chi connectivity index (χ1) is 11.2. The Kier molecular flexibility index (Phi) is 5.39. The molecule has 2 unspecified atom stereocenters. The van der Waals surface area contributed by atoms with Crippen LogP contribution >= 0.6 is 11.6 Å². The third-order valence-corrected chi connectivity index (χ3v) is 4.06. The van der Waals surface area contributed by atoms with Crippen molar-refractivity contribution < 1.29 is 14.7 Å². The summed E-state index contributed by atoms with van der Waals surface area (Å²) >= 11 is 5.93. The highest BCUT2D eigenvalue weighted by molar-refractivity contribution is 6.30. The first-order valence-corrected chi connectivity index (χ1v) is 7.93. The van der Waals surface area contributed by atoms with Gasteiger partial charge in [0.25, 0.3) is 0 Å². The van der Waals surface area contributed by atoms with Gasteiger partial charge in [0.1, 0.15) is 18.7 Å². The van der Waals surface area contributed by atoms with Crippen LogP contribution in [0.4, 0.5) is 0 Å². The van der Waals surface area contributed by atoms with E-state index in [9.17, 15) is 14.7 Å². The Balaban J connectivity index is 2.54. The lowest BCUT2D eigenvalue weighted by Gasteiger charge is -2.30. The van der Waals surface area contributed by atoms with Gasteiger partial charge in [0.05, 0.1) is 6.42 Å². The summed E-state index contributed by atoms with van der Waals surface area (Å²) in [4.78, 5) is 28.3. The van der Waals surface area contributed by atoms with Gasteiger partial charge < -0.3 is 5.11 Å². The minimum atomic E-state index is -0.984. The molecule has 2 rings (SSSR count). The highest BCUT2D eigenvalue weighted by Crippen LogP contribution is 2.37. The maximum Gasteiger partial charge on any atom is 0.304 e. The number of carbonyl (C=O) groups is 2. The van der Waals surface area contributed by atoms with Crippen LogP contribution in [0.2, 0.25) is 5.02 Å². The number of benzene rings is 1. The van der Waals surface area contributed by atoms with Gasteiger partial charge in [-0.05, 0) is 17.7 Å². The number of hydrogen-bond donors (Lipinski definition) is 1. The molecule has 0 amide bonds. The predicted molar refractivity (Wildman–Crippen MR) is 90.0 cm³/mol. The molecule has 0 saturated heterocycles. The summed E-state index contributed by atoms with van der Waals surface area (Å²) in [6.07, 6.45) is 2.58. The first-order valence-electron chi connectivity index (χ1n) is 7.56. The molecule has 6 nitrogen and oxygen atoms in total. The molecule has 0 saturated carbocycles. The number of aromatic nitrogens is 3. The maximum atomic E-state index is 13.0. The van der Waals surface area contributed by atoms with Gasteiger partial charge in [0.15, 0.2) is 5.78 Å². The number of carboxylic acid groups (broad SMARTS) is 1. The summed E-state index contributed by atoms with van der Waals surface area (Å²) in [5.41, 5.74) is 0.0691. The van der Waals surface area contributed by atoms with Crippen LogP contribution in [-0.2, 0) is 9.59 Å². The number of Topliss-reactive ketones (excluding diaryl/α,β-unsaturated/α-hetero) is 1. The molecule has 1 N–H and O–H groups in total. The van der Waals surface area contributed by atoms with Crippen molar-refractivity contribution >= 4 is 23.4 Å². The molecule has 0 aliphatic heterocycles. The van der Waals surface area contributed by atoms with Crippen LogP contribution in [0.25, 0.3) is 0 Å². The molecule has 0 radical (unpaired) electrons. The standard InChI is InChI=1S/C17H20ClN3O3/c1-17(2,3)16(24)15(21-10-19-9-20-21)13(8-14(22)23)11-4-6-12(18)7-5-11/h4-7,9-10,13,15H,8H2,1-3H3,(H,22,23). The van der Waals surface area contributed by atoms with Gasteiger partial charge >= 0.3 is 5.97 Å². The van der Waals surface area contributed by atoms with Gasteiger partial charge in [-0.2, -0.15) is 5.10 Å². The summed E-state index contributed by atoms with van der Waals surface area (Å²) in [7, 11) is 0. The zero-order chi connectivity index (χ0) is 17.9. The molecule has 0 fully saturated rings. The normalized spacial score (nSPS) is 14.2. The van der Waals surface area contributed by atoms with E-state index in [0.717, 1.165) is 5.56 Å². The van der Waals surface area contributed by atoms with Crippen LogP contribution in [0.3, 0.4) is 0 Å². The van der Waals surface area contributed by atoms with Crippen LogP contribution in [0, 0.1) is 5.41 Å². The smallest absolute Gasteiger partial charge is 0.304 e. The molecular weight excluding hydrogens is 330 g/mol. The number of aliphatic carboxylic acids is 1. The molecule has 1 heterocycles. The molecule has 24 heavy (non-hydrogen) atoms. The van der Waals surface area contributed by atoms with Crippen molar-refractivity contribution in [3.63, 3.8) is 0 Å². The zero-order valence-corrected chi connectivity index (χ0v) is 14.6. The van der Waals surface area contributed by atoms with Crippen LogP contribution < -0.4 is 0 Å². The Morgan fingerprint density at radius 2 is 1.88 bits per heavy atom. The SMILES string of the molecule is CC(C)(C)C(=O)C(C(CC(=O)O)c1ccc(Cl)cc1)n1cncn1. The Morgan fingerprint density at radius 1 is 1.25 bits per heavy atom. The third-order valence-electron chi connectivity index (χ3n) is 3.80. The van der Waals surface area contributed by atoms with Crippen molar-refractivity contribution in [1.29, 1.82) is 0 Å². The molecule has 0 bridgehead atoms. The van der Waals surface area contributed by atoms with E-state index in [2.05, 4.69) is 10.1 Å². The van der Waals surface area contributed by atoms with E-state index in [-0.39, 0.29) is 12.2 Å². The van der Waals surface area contributed by atoms with Crippen molar-refractivity contribution in [3.8, 4) is 0 Å². The molecule has 0 spiro atoms. The Labute approximate surface area is 145 Å². The number of halogens is 1. The lowest BCUT2D eigenvalue weighted by Crippen LogP contribution is -2.35.